The zero-order valence-electron chi connectivity index (χ0n) is 7.34. The molecule has 1 heteroatoms. The molecule has 0 heterocycles. The van der Waals surface area contributed by atoms with Crippen LogP contribution in [0.15, 0.2) is 12.2 Å². The number of nitrogens with zero attached hydrogens (tertiary/aromatic N) is 1. The van der Waals surface area contributed by atoms with E-state index in [1.807, 2.05) is 0 Å². The van der Waals surface area contributed by atoms with E-state index < -0.39 is 0 Å². The predicted molar refractivity (Wildman–Crippen MR) is 48.1 cm³/mol. The van der Waals surface area contributed by atoms with Crippen LogP contribution in [-0.4, -0.2) is 0 Å². The molecule has 1 nitrogen and oxygen atoms in total. The molecule has 0 unspecified atom stereocenters. The fourth-order valence-electron chi connectivity index (χ4n) is 0.869. The Kier molecular flexibility index (Phi) is 8.58. The first kappa shape index (κ1) is 10.2. The summed E-state index contributed by atoms with van der Waals surface area (Å²) in [5, 5.41) is 8.24. The van der Waals surface area contributed by atoms with Crippen LogP contribution in [0.5, 0.6) is 0 Å². The molecule has 0 radical (unpaired) electrons. The van der Waals surface area contributed by atoms with Gasteiger partial charge in [0, 0.05) is 6.42 Å². The van der Waals surface area contributed by atoms with Crippen molar-refractivity contribution in [2.45, 2.75) is 45.4 Å². The first-order valence-corrected chi connectivity index (χ1v) is 4.43. The largest absolute Gasteiger partial charge is 0.198 e. The maximum atomic E-state index is 8.24. The zero-order valence-corrected chi connectivity index (χ0v) is 7.34. The highest BCUT2D eigenvalue weighted by Crippen LogP contribution is 2.00. The van der Waals surface area contributed by atoms with Crippen LogP contribution in [0.2, 0.25) is 0 Å². The molecule has 0 bridgehead atoms. The molecule has 62 valence electrons. The average molecular weight is 151 g/mol. The minimum atomic E-state index is 0.710. The average Bonchev–Trinajstić information content (AvgIpc) is 2.03. The Bertz CT molecular complexity index is 130. The quantitative estimate of drug-likeness (QED) is 0.421. The van der Waals surface area contributed by atoms with Crippen molar-refractivity contribution in [1.29, 1.82) is 5.26 Å². The predicted octanol–water partition coefficient (Wildman–Crippen LogP) is 3.43. The summed E-state index contributed by atoms with van der Waals surface area (Å²) >= 11 is 0. The molecule has 0 aliphatic heterocycles. The monoisotopic (exact) mass is 151 g/mol. The van der Waals surface area contributed by atoms with Crippen LogP contribution in [0.3, 0.4) is 0 Å². The minimum Gasteiger partial charge on any atom is -0.198 e. The molecule has 0 aromatic heterocycles. The summed E-state index contributed by atoms with van der Waals surface area (Å²) in [6, 6.07) is 2.15. The van der Waals surface area contributed by atoms with Crippen LogP contribution in [0.1, 0.15) is 45.4 Å². The maximum absolute atomic E-state index is 8.24. The summed E-state index contributed by atoms with van der Waals surface area (Å²) in [6.07, 6.45) is 10.9. The Morgan fingerprint density at radius 2 is 1.91 bits per heavy atom. The van der Waals surface area contributed by atoms with Crippen LogP contribution in [0, 0.1) is 11.3 Å². The third kappa shape index (κ3) is 9.23. The fraction of sp³-hybridized carbons (Fsp3) is 0.700. The Labute approximate surface area is 69.7 Å². The van der Waals surface area contributed by atoms with Crippen LogP contribution < -0.4 is 0 Å². The number of allylic oxidation sites excluding steroid dienone is 2. The molecule has 0 aromatic rings. The van der Waals surface area contributed by atoms with Gasteiger partial charge in [-0.2, -0.15) is 5.26 Å². The molecule has 0 aliphatic carbocycles. The van der Waals surface area contributed by atoms with Crippen molar-refractivity contribution < 1.29 is 0 Å². The van der Waals surface area contributed by atoms with Crippen molar-refractivity contribution in [2.75, 3.05) is 0 Å². The van der Waals surface area contributed by atoms with Gasteiger partial charge in [-0.1, -0.05) is 25.5 Å². The van der Waals surface area contributed by atoms with E-state index in [2.05, 4.69) is 25.1 Å². The van der Waals surface area contributed by atoms with Gasteiger partial charge in [-0.3, -0.25) is 0 Å². The summed E-state index contributed by atoms with van der Waals surface area (Å²) in [7, 11) is 0. The van der Waals surface area contributed by atoms with Crippen molar-refractivity contribution in [3.63, 3.8) is 0 Å². The van der Waals surface area contributed by atoms with E-state index >= 15 is 0 Å². The summed E-state index contributed by atoms with van der Waals surface area (Å²) in [6.45, 7) is 2.18. The Hall–Kier alpha value is -0.770. The van der Waals surface area contributed by atoms with Crippen molar-refractivity contribution >= 4 is 0 Å². The molecule has 11 heavy (non-hydrogen) atoms. The highest BCUT2D eigenvalue weighted by atomic mass is 14.2. The molecule has 0 aromatic carbocycles. The lowest BCUT2D eigenvalue weighted by Gasteiger charge is -1.89. The zero-order chi connectivity index (χ0) is 8.36. The third-order valence-electron chi connectivity index (χ3n) is 1.53. The number of unbranched alkanes of at least 4 members (excludes halogenated alkanes) is 4. The van der Waals surface area contributed by atoms with Gasteiger partial charge in [-0.15, -0.1) is 0 Å². The van der Waals surface area contributed by atoms with Crippen LogP contribution in [0.25, 0.3) is 0 Å². The van der Waals surface area contributed by atoms with E-state index in [-0.39, 0.29) is 0 Å². The number of hydrogen-bond acceptors (Lipinski definition) is 1. The van der Waals surface area contributed by atoms with Crippen molar-refractivity contribution in [1.82, 2.24) is 0 Å². The summed E-state index contributed by atoms with van der Waals surface area (Å²) in [4.78, 5) is 0. The Morgan fingerprint density at radius 3 is 2.55 bits per heavy atom. The molecule has 0 atom stereocenters. The summed E-state index contributed by atoms with van der Waals surface area (Å²) in [5.41, 5.74) is 0. The van der Waals surface area contributed by atoms with Gasteiger partial charge in [-0.25, -0.2) is 0 Å². The molecule has 0 amide bonds. The van der Waals surface area contributed by atoms with Gasteiger partial charge < -0.3 is 0 Å². The van der Waals surface area contributed by atoms with E-state index in [0.29, 0.717) is 6.42 Å². The van der Waals surface area contributed by atoms with Crippen molar-refractivity contribution in [3.05, 3.63) is 12.2 Å². The summed E-state index contributed by atoms with van der Waals surface area (Å²) < 4.78 is 0. The number of rotatable bonds is 6. The summed E-state index contributed by atoms with van der Waals surface area (Å²) in [5.74, 6) is 0. The molecule has 0 saturated heterocycles. The molecule has 0 spiro atoms. The SMILES string of the molecule is CCC/C=C/CCCCC#N. The van der Waals surface area contributed by atoms with E-state index in [1.165, 1.54) is 12.8 Å². The van der Waals surface area contributed by atoms with Crippen LogP contribution in [0.4, 0.5) is 0 Å². The standard InChI is InChI=1S/C10H17N/c1-2-3-4-5-6-7-8-9-10-11/h4-5H,2-3,6-9H2,1H3/b5-4+. The lowest BCUT2D eigenvalue weighted by atomic mass is 10.2. The molecule has 0 saturated carbocycles. The first-order valence-electron chi connectivity index (χ1n) is 4.43. The lowest BCUT2D eigenvalue weighted by Crippen LogP contribution is -1.72. The van der Waals surface area contributed by atoms with Crippen molar-refractivity contribution in [2.24, 2.45) is 0 Å². The van der Waals surface area contributed by atoms with E-state index in [0.717, 1.165) is 19.3 Å². The molecule has 0 rings (SSSR count). The van der Waals surface area contributed by atoms with Gasteiger partial charge >= 0.3 is 0 Å². The highest BCUT2D eigenvalue weighted by molar-refractivity contribution is 4.81. The lowest BCUT2D eigenvalue weighted by molar-refractivity contribution is 0.765. The highest BCUT2D eigenvalue weighted by Gasteiger charge is 1.83. The van der Waals surface area contributed by atoms with Crippen molar-refractivity contribution in [3.8, 4) is 6.07 Å². The molecule has 0 fully saturated rings. The topological polar surface area (TPSA) is 23.8 Å². The van der Waals surface area contributed by atoms with Crippen LogP contribution >= 0.6 is 0 Å². The number of nitriles is 1. The second-order valence-electron chi connectivity index (χ2n) is 2.66. The minimum absolute atomic E-state index is 0.710. The van der Waals surface area contributed by atoms with Gasteiger partial charge in [0.1, 0.15) is 0 Å². The van der Waals surface area contributed by atoms with E-state index in [4.69, 9.17) is 5.26 Å². The van der Waals surface area contributed by atoms with Gasteiger partial charge in [0.05, 0.1) is 6.07 Å². The third-order valence-corrected chi connectivity index (χ3v) is 1.53. The van der Waals surface area contributed by atoms with Crippen LogP contribution in [-0.2, 0) is 0 Å². The van der Waals surface area contributed by atoms with Gasteiger partial charge in [0.15, 0.2) is 0 Å². The second kappa shape index (κ2) is 9.23. The molecular weight excluding hydrogens is 134 g/mol. The van der Waals surface area contributed by atoms with E-state index in [9.17, 15) is 0 Å². The Morgan fingerprint density at radius 1 is 1.18 bits per heavy atom. The number of hydrogen-bond donors (Lipinski definition) is 0. The fourth-order valence-corrected chi connectivity index (χ4v) is 0.869. The molecule has 0 aliphatic rings. The smallest absolute Gasteiger partial charge is 0.0621 e. The molecular formula is C10H17N. The van der Waals surface area contributed by atoms with Gasteiger partial charge in [0.25, 0.3) is 0 Å². The van der Waals surface area contributed by atoms with E-state index in [1.54, 1.807) is 0 Å². The molecule has 0 N–H and O–H groups in total. The normalized spacial score (nSPS) is 10.2. The second-order valence-corrected chi connectivity index (χ2v) is 2.66. The first-order chi connectivity index (χ1) is 5.41. The van der Waals surface area contributed by atoms with Gasteiger partial charge in [-0.05, 0) is 25.7 Å². The maximum Gasteiger partial charge on any atom is 0.0621 e. The Balaban J connectivity index is 2.96. The van der Waals surface area contributed by atoms with Gasteiger partial charge in [0.2, 0.25) is 0 Å².